The highest BCUT2D eigenvalue weighted by molar-refractivity contribution is 6.30. The molecular weight excluding hydrogens is 367 g/mol. The van der Waals surface area contributed by atoms with Crippen molar-refractivity contribution in [2.24, 2.45) is 0 Å². The average Bonchev–Trinajstić information content (AvgIpc) is 3.05. The topological polar surface area (TPSA) is 41.6 Å². The van der Waals surface area contributed by atoms with E-state index >= 15 is 0 Å². The van der Waals surface area contributed by atoms with E-state index in [0.29, 0.717) is 12.2 Å². The van der Waals surface area contributed by atoms with Crippen LogP contribution in [0.25, 0.3) is 0 Å². The molecule has 1 amide bonds. The van der Waals surface area contributed by atoms with E-state index in [1.807, 2.05) is 24.3 Å². The van der Waals surface area contributed by atoms with Gasteiger partial charge in [-0.05, 0) is 54.8 Å². The number of carbonyl (C=O) groups excluding carboxylic acids is 1. The molecule has 1 N–H and O–H groups in total. The van der Waals surface area contributed by atoms with Crippen molar-refractivity contribution < 1.29 is 13.9 Å². The molecular formula is C21H24ClFN2O2. The number of rotatable bonds is 7. The quantitative estimate of drug-likeness (QED) is 0.779. The van der Waals surface area contributed by atoms with Gasteiger partial charge in [-0.2, -0.15) is 0 Å². The number of likely N-dealkylation sites (tertiary alicyclic amines) is 1. The molecule has 0 radical (unpaired) electrons. The smallest absolute Gasteiger partial charge is 0.251 e. The summed E-state index contributed by atoms with van der Waals surface area (Å²) in [5, 5.41) is 3.91. The highest BCUT2D eigenvalue weighted by Crippen LogP contribution is 2.27. The van der Waals surface area contributed by atoms with Crippen LogP contribution >= 0.6 is 11.6 Å². The summed E-state index contributed by atoms with van der Waals surface area (Å²) in [5.41, 5.74) is 1.30. The molecule has 144 valence electrons. The molecule has 1 saturated heterocycles. The molecule has 3 rings (SSSR count). The van der Waals surface area contributed by atoms with E-state index in [0.717, 1.165) is 37.5 Å². The Labute approximate surface area is 164 Å². The van der Waals surface area contributed by atoms with Crippen molar-refractivity contribution in [1.29, 1.82) is 0 Å². The number of benzene rings is 2. The largest absolute Gasteiger partial charge is 0.385 e. The molecule has 0 aliphatic carbocycles. The Morgan fingerprint density at radius 1 is 1.22 bits per heavy atom. The minimum atomic E-state index is -0.353. The highest BCUT2D eigenvalue weighted by atomic mass is 35.5. The predicted octanol–water partition coefficient (Wildman–Crippen LogP) is 3.89. The molecule has 2 aromatic carbocycles. The van der Waals surface area contributed by atoms with Crippen molar-refractivity contribution >= 4 is 17.5 Å². The maximum absolute atomic E-state index is 13.1. The van der Waals surface area contributed by atoms with Crippen LogP contribution in [0.15, 0.2) is 48.5 Å². The minimum absolute atomic E-state index is 0.181. The molecule has 1 atom stereocenters. The Morgan fingerprint density at radius 3 is 2.59 bits per heavy atom. The van der Waals surface area contributed by atoms with Gasteiger partial charge < -0.3 is 10.1 Å². The predicted molar refractivity (Wildman–Crippen MR) is 104 cm³/mol. The van der Waals surface area contributed by atoms with Crippen LogP contribution in [-0.4, -0.2) is 43.2 Å². The molecule has 27 heavy (non-hydrogen) atoms. The fraction of sp³-hybridized carbons (Fsp3) is 0.381. The maximum Gasteiger partial charge on any atom is 0.251 e. The van der Waals surface area contributed by atoms with E-state index in [-0.39, 0.29) is 17.3 Å². The number of halogens is 2. The van der Waals surface area contributed by atoms with Gasteiger partial charge in [0.15, 0.2) is 0 Å². The van der Waals surface area contributed by atoms with E-state index < -0.39 is 0 Å². The Balaban J connectivity index is 1.68. The van der Waals surface area contributed by atoms with Crippen LogP contribution in [0, 0.1) is 5.82 Å². The van der Waals surface area contributed by atoms with Crippen LogP contribution < -0.4 is 5.32 Å². The van der Waals surface area contributed by atoms with E-state index in [2.05, 4.69) is 10.2 Å². The van der Waals surface area contributed by atoms with Crippen molar-refractivity contribution in [2.45, 2.75) is 24.9 Å². The van der Waals surface area contributed by atoms with Gasteiger partial charge in [-0.1, -0.05) is 23.7 Å². The SMILES string of the molecule is COCC[C@]1(NC(=O)c2ccc(F)cc2)CCN(Cc2ccc(Cl)cc2)C1. The highest BCUT2D eigenvalue weighted by Gasteiger charge is 2.39. The second kappa shape index (κ2) is 8.83. The summed E-state index contributed by atoms with van der Waals surface area (Å²) >= 11 is 5.96. The Kier molecular flexibility index (Phi) is 6.47. The lowest BCUT2D eigenvalue weighted by Crippen LogP contribution is -2.51. The third-order valence-electron chi connectivity index (χ3n) is 5.02. The fourth-order valence-electron chi connectivity index (χ4n) is 3.52. The lowest BCUT2D eigenvalue weighted by atomic mass is 9.94. The van der Waals surface area contributed by atoms with E-state index in [4.69, 9.17) is 16.3 Å². The summed E-state index contributed by atoms with van der Waals surface area (Å²) < 4.78 is 18.4. The van der Waals surface area contributed by atoms with Crippen molar-refractivity contribution in [1.82, 2.24) is 10.2 Å². The van der Waals surface area contributed by atoms with Gasteiger partial charge in [-0.3, -0.25) is 9.69 Å². The van der Waals surface area contributed by atoms with Gasteiger partial charge in [0, 0.05) is 43.9 Å². The van der Waals surface area contributed by atoms with Crippen LogP contribution in [0.3, 0.4) is 0 Å². The van der Waals surface area contributed by atoms with Crippen LogP contribution in [0.4, 0.5) is 4.39 Å². The van der Waals surface area contributed by atoms with Crippen LogP contribution in [0.5, 0.6) is 0 Å². The number of hydrogen-bond acceptors (Lipinski definition) is 3. The first kappa shape index (κ1) is 19.8. The van der Waals surface area contributed by atoms with Crippen molar-refractivity contribution in [2.75, 3.05) is 26.8 Å². The number of amides is 1. The van der Waals surface area contributed by atoms with Gasteiger partial charge in [0.1, 0.15) is 5.82 Å². The zero-order valence-electron chi connectivity index (χ0n) is 15.4. The van der Waals surface area contributed by atoms with E-state index in [1.54, 1.807) is 7.11 Å². The molecule has 1 heterocycles. The number of nitrogens with one attached hydrogen (secondary N) is 1. The van der Waals surface area contributed by atoms with Gasteiger partial charge in [-0.15, -0.1) is 0 Å². The Hall–Kier alpha value is -1.95. The van der Waals surface area contributed by atoms with Crippen molar-refractivity contribution in [3.05, 3.63) is 70.5 Å². The first-order chi connectivity index (χ1) is 13.0. The Morgan fingerprint density at radius 2 is 1.93 bits per heavy atom. The molecule has 0 saturated carbocycles. The van der Waals surface area contributed by atoms with Gasteiger partial charge in [0.05, 0.1) is 5.54 Å². The lowest BCUT2D eigenvalue weighted by Gasteiger charge is -2.31. The number of carbonyl (C=O) groups is 1. The van der Waals surface area contributed by atoms with E-state index in [1.165, 1.54) is 29.8 Å². The number of nitrogens with zero attached hydrogens (tertiary/aromatic N) is 1. The molecule has 0 bridgehead atoms. The van der Waals surface area contributed by atoms with Gasteiger partial charge in [-0.25, -0.2) is 4.39 Å². The molecule has 0 spiro atoms. The summed E-state index contributed by atoms with van der Waals surface area (Å²) in [6.07, 6.45) is 1.57. The van der Waals surface area contributed by atoms with Gasteiger partial charge in [0.2, 0.25) is 0 Å². The third kappa shape index (κ3) is 5.28. The molecule has 6 heteroatoms. The molecule has 1 aliphatic rings. The van der Waals surface area contributed by atoms with Crippen molar-refractivity contribution in [3.8, 4) is 0 Å². The maximum atomic E-state index is 13.1. The van der Waals surface area contributed by atoms with E-state index in [9.17, 15) is 9.18 Å². The Bertz CT molecular complexity index is 767. The first-order valence-electron chi connectivity index (χ1n) is 9.03. The number of ether oxygens (including phenoxy) is 1. The second-order valence-electron chi connectivity index (χ2n) is 7.07. The van der Waals surface area contributed by atoms with Crippen LogP contribution in [0.1, 0.15) is 28.8 Å². The summed E-state index contributed by atoms with van der Waals surface area (Å²) in [7, 11) is 1.66. The van der Waals surface area contributed by atoms with Crippen molar-refractivity contribution in [3.63, 3.8) is 0 Å². The summed E-state index contributed by atoms with van der Waals surface area (Å²) in [6.45, 7) is 3.00. The molecule has 0 unspecified atom stereocenters. The molecule has 4 nitrogen and oxygen atoms in total. The third-order valence-corrected chi connectivity index (χ3v) is 5.27. The second-order valence-corrected chi connectivity index (χ2v) is 7.51. The summed E-state index contributed by atoms with van der Waals surface area (Å²) in [4.78, 5) is 15.0. The standard InChI is InChI=1S/C21H24ClFN2O2/c1-27-13-11-21(24-20(26)17-4-8-19(23)9-5-17)10-12-25(15-21)14-16-2-6-18(22)7-3-16/h2-9H,10-15H2,1H3,(H,24,26)/t21-/m1/s1. The first-order valence-corrected chi connectivity index (χ1v) is 9.41. The van der Waals surface area contributed by atoms with Gasteiger partial charge >= 0.3 is 0 Å². The summed E-state index contributed by atoms with van der Waals surface area (Å²) in [5.74, 6) is -0.532. The number of methoxy groups -OCH3 is 1. The average molecular weight is 391 g/mol. The lowest BCUT2D eigenvalue weighted by molar-refractivity contribution is 0.0864. The molecule has 1 aliphatic heterocycles. The zero-order chi connectivity index (χ0) is 19.3. The molecule has 2 aromatic rings. The van der Waals surface area contributed by atoms with Crippen LogP contribution in [-0.2, 0) is 11.3 Å². The zero-order valence-corrected chi connectivity index (χ0v) is 16.1. The molecule has 0 aromatic heterocycles. The summed E-state index contributed by atoms with van der Waals surface area (Å²) in [6, 6.07) is 13.5. The number of hydrogen-bond donors (Lipinski definition) is 1. The monoisotopic (exact) mass is 390 g/mol. The van der Waals surface area contributed by atoms with Crippen LogP contribution in [0.2, 0.25) is 5.02 Å². The fourth-order valence-corrected chi connectivity index (χ4v) is 3.65. The normalized spacial score (nSPS) is 20.0. The molecule has 1 fully saturated rings. The van der Waals surface area contributed by atoms with Gasteiger partial charge in [0.25, 0.3) is 5.91 Å². The minimum Gasteiger partial charge on any atom is -0.385 e.